The number of sulfonamides is 2. The molecule has 0 spiro atoms. The topological polar surface area (TPSA) is 121 Å². The van der Waals surface area contributed by atoms with Crippen molar-refractivity contribution in [3.05, 3.63) is 59.7 Å². The lowest BCUT2D eigenvalue weighted by atomic mass is 10.1. The number of aryl methyl sites for hydroxylation is 2. The van der Waals surface area contributed by atoms with Gasteiger partial charge in [-0.3, -0.25) is 4.79 Å². The molecule has 0 saturated carbocycles. The average molecular weight is 482 g/mol. The fraction of sp³-hybridized carbons (Fsp3) is 0.409. The molecule has 0 aliphatic carbocycles. The number of carbonyl (C=O) groups excluding carboxylic acids is 1. The number of rotatable bonds is 10. The molecular weight excluding hydrogens is 450 g/mol. The van der Waals surface area contributed by atoms with Gasteiger partial charge in [-0.2, -0.15) is 0 Å². The van der Waals surface area contributed by atoms with Gasteiger partial charge in [-0.05, 0) is 63.9 Å². The third kappa shape index (κ3) is 8.34. The van der Waals surface area contributed by atoms with Crippen LogP contribution in [0.3, 0.4) is 0 Å². The molecule has 0 aromatic heterocycles. The van der Waals surface area contributed by atoms with E-state index in [1.165, 1.54) is 24.3 Å². The van der Waals surface area contributed by atoms with Crippen molar-refractivity contribution in [2.24, 2.45) is 0 Å². The largest absolute Gasteiger partial charge is 0.355 e. The number of benzene rings is 2. The summed E-state index contributed by atoms with van der Waals surface area (Å²) in [4.78, 5) is 12.4. The summed E-state index contributed by atoms with van der Waals surface area (Å²) >= 11 is 0. The van der Waals surface area contributed by atoms with E-state index in [1.807, 2.05) is 6.92 Å². The van der Waals surface area contributed by atoms with Crippen molar-refractivity contribution in [2.45, 2.75) is 55.9 Å². The van der Waals surface area contributed by atoms with Crippen LogP contribution >= 0.6 is 0 Å². The third-order valence-corrected chi connectivity index (χ3v) is 7.64. The minimum Gasteiger partial charge on any atom is -0.355 e. The van der Waals surface area contributed by atoms with Crippen molar-refractivity contribution in [3.8, 4) is 0 Å². The Balaban J connectivity index is 1.77. The molecule has 1 amide bonds. The maximum absolute atomic E-state index is 12.3. The highest BCUT2D eigenvalue weighted by atomic mass is 32.2. The zero-order valence-corrected chi connectivity index (χ0v) is 20.4. The van der Waals surface area contributed by atoms with Crippen LogP contribution in [0.2, 0.25) is 0 Å². The Morgan fingerprint density at radius 1 is 0.812 bits per heavy atom. The van der Waals surface area contributed by atoms with Crippen molar-refractivity contribution >= 4 is 26.0 Å². The van der Waals surface area contributed by atoms with Gasteiger partial charge in [0.25, 0.3) is 0 Å². The van der Waals surface area contributed by atoms with E-state index in [0.29, 0.717) is 6.42 Å². The predicted octanol–water partition coefficient (Wildman–Crippen LogP) is 2.10. The highest BCUT2D eigenvalue weighted by Crippen LogP contribution is 2.15. The number of hydrogen-bond acceptors (Lipinski definition) is 5. The Bertz CT molecular complexity index is 1120. The van der Waals surface area contributed by atoms with Crippen LogP contribution in [0.4, 0.5) is 0 Å². The zero-order chi connectivity index (χ0) is 24.0. The summed E-state index contributed by atoms with van der Waals surface area (Å²) in [6.45, 7) is 7.43. The second-order valence-electron chi connectivity index (χ2n) is 8.56. The predicted molar refractivity (Wildman–Crippen MR) is 124 cm³/mol. The fourth-order valence-corrected chi connectivity index (χ4v) is 5.28. The van der Waals surface area contributed by atoms with Crippen molar-refractivity contribution in [2.75, 3.05) is 13.1 Å². The number of hydrogen-bond donors (Lipinski definition) is 3. The Kier molecular flexibility index (Phi) is 8.58. The quantitative estimate of drug-likeness (QED) is 0.449. The van der Waals surface area contributed by atoms with Crippen molar-refractivity contribution < 1.29 is 21.6 Å². The van der Waals surface area contributed by atoms with Gasteiger partial charge >= 0.3 is 0 Å². The monoisotopic (exact) mass is 481 g/mol. The van der Waals surface area contributed by atoms with Gasteiger partial charge < -0.3 is 5.32 Å². The molecule has 0 unspecified atom stereocenters. The molecule has 0 atom stereocenters. The molecular formula is C22H31N3O5S2. The van der Waals surface area contributed by atoms with Gasteiger partial charge in [0.15, 0.2) is 0 Å². The summed E-state index contributed by atoms with van der Waals surface area (Å²) in [5.74, 6) is -0.217. The summed E-state index contributed by atoms with van der Waals surface area (Å²) in [5, 5.41) is 2.68. The Labute approximate surface area is 190 Å². The SMILES string of the molecule is Cc1ccc(S(=O)(=O)NCCNC(=O)CCc2ccc(S(=O)(=O)NC(C)(C)C)cc2)cc1. The van der Waals surface area contributed by atoms with E-state index in [0.717, 1.165) is 11.1 Å². The summed E-state index contributed by atoms with van der Waals surface area (Å²) in [6.07, 6.45) is 0.644. The fourth-order valence-electron chi connectivity index (χ4n) is 2.83. The van der Waals surface area contributed by atoms with Gasteiger partial charge in [-0.1, -0.05) is 29.8 Å². The van der Waals surface area contributed by atoms with Gasteiger partial charge in [-0.25, -0.2) is 26.3 Å². The van der Waals surface area contributed by atoms with E-state index in [-0.39, 0.29) is 35.2 Å². The molecule has 0 aliphatic rings. The molecule has 176 valence electrons. The normalized spacial score (nSPS) is 12.5. The molecule has 10 heteroatoms. The first-order valence-corrected chi connectivity index (χ1v) is 13.2. The first-order valence-electron chi connectivity index (χ1n) is 10.2. The van der Waals surface area contributed by atoms with E-state index < -0.39 is 25.6 Å². The molecule has 32 heavy (non-hydrogen) atoms. The van der Waals surface area contributed by atoms with Crippen LogP contribution in [0, 0.1) is 6.92 Å². The highest BCUT2D eigenvalue weighted by molar-refractivity contribution is 7.89. The smallest absolute Gasteiger partial charge is 0.241 e. The van der Waals surface area contributed by atoms with Crippen LogP contribution in [-0.2, 0) is 31.3 Å². The molecule has 2 rings (SSSR count). The van der Waals surface area contributed by atoms with E-state index in [1.54, 1.807) is 45.0 Å². The molecule has 0 aliphatic heterocycles. The molecule has 3 N–H and O–H groups in total. The van der Waals surface area contributed by atoms with Crippen molar-refractivity contribution in [1.82, 2.24) is 14.8 Å². The number of carbonyl (C=O) groups is 1. The van der Waals surface area contributed by atoms with Crippen LogP contribution in [0.1, 0.15) is 38.3 Å². The minimum atomic E-state index is -3.61. The van der Waals surface area contributed by atoms with E-state index in [4.69, 9.17) is 0 Å². The lowest BCUT2D eigenvalue weighted by Crippen LogP contribution is -2.40. The molecule has 0 fully saturated rings. The van der Waals surface area contributed by atoms with Gasteiger partial charge in [-0.15, -0.1) is 0 Å². The molecule has 0 bridgehead atoms. The maximum atomic E-state index is 12.3. The molecule has 0 heterocycles. The number of nitrogens with one attached hydrogen (secondary N) is 3. The first-order chi connectivity index (χ1) is 14.8. The second kappa shape index (κ2) is 10.6. The third-order valence-electron chi connectivity index (χ3n) is 4.39. The van der Waals surface area contributed by atoms with Crippen LogP contribution < -0.4 is 14.8 Å². The van der Waals surface area contributed by atoms with Gasteiger partial charge in [0, 0.05) is 25.0 Å². The van der Waals surface area contributed by atoms with E-state index in [9.17, 15) is 21.6 Å². The Hall–Kier alpha value is -2.27. The average Bonchev–Trinajstić information content (AvgIpc) is 2.68. The lowest BCUT2D eigenvalue weighted by molar-refractivity contribution is -0.121. The molecule has 0 saturated heterocycles. The Morgan fingerprint density at radius 3 is 1.91 bits per heavy atom. The van der Waals surface area contributed by atoms with E-state index >= 15 is 0 Å². The molecule has 2 aromatic carbocycles. The summed E-state index contributed by atoms with van der Waals surface area (Å²) < 4.78 is 54.1. The van der Waals surface area contributed by atoms with E-state index in [2.05, 4.69) is 14.8 Å². The number of amides is 1. The summed E-state index contributed by atoms with van der Waals surface area (Å²) in [5.41, 5.74) is 1.22. The molecule has 8 nitrogen and oxygen atoms in total. The summed E-state index contributed by atoms with van der Waals surface area (Å²) in [6, 6.07) is 12.9. The Morgan fingerprint density at radius 2 is 1.34 bits per heavy atom. The van der Waals surface area contributed by atoms with Gasteiger partial charge in [0.2, 0.25) is 26.0 Å². The van der Waals surface area contributed by atoms with Crippen molar-refractivity contribution in [3.63, 3.8) is 0 Å². The first kappa shape index (κ1) is 26.0. The minimum absolute atomic E-state index is 0.0787. The summed E-state index contributed by atoms with van der Waals surface area (Å²) in [7, 11) is -7.21. The standard InChI is InChI=1S/C22H31N3O5S2/c1-17-5-10-19(11-6-17)31(27,28)24-16-15-23-21(26)14-9-18-7-12-20(13-8-18)32(29,30)25-22(2,3)4/h5-8,10-13,24-25H,9,14-16H2,1-4H3,(H,23,26). The van der Waals surface area contributed by atoms with Gasteiger partial charge in [0.05, 0.1) is 9.79 Å². The molecule has 2 aromatic rings. The van der Waals surface area contributed by atoms with Crippen LogP contribution in [0.15, 0.2) is 58.3 Å². The second-order valence-corrected chi connectivity index (χ2v) is 12.0. The maximum Gasteiger partial charge on any atom is 0.241 e. The molecule has 0 radical (unpaired) electrons. The van der Waals surface area contributed by atoms with Gasteiger partial charge in [0.1, 0.15) is 0 Å². The van der Waals surface area contributed by atoms with Crippen molar-refractivity contribution in [1.29, 1.82) is 0 Å². The highest BCUT2D eigenvalue weighted by Gasteiger charge is 2.21. The van der Waals surface area contributed by atoms with Crippen LogP contribution in [-0.4, -0.2) is 41.4 Å². The van der Waals surface area contributed by atoms with Crippen LogP contribution in [0.5, 0.6) is 0 Å². The zero-order valence-electron chi connectivity index (χ0n) is 18.8. The lowest BCUT2D eigenvalue weighted by Gasteiger charge is -2.20. The van der Waals surface area contributed by atoms with Crippen LogP contribution in [0.25, 0.3) is 0 Å².